The topological polar surface area (TPSA) is 61.7 Å². The van der Waals surface area contributed by atoms with Crippen molar-refractivity contribution < 1.29 is 9.90 Å². The molecule has 90 valence electrons. The fourth-order valence-corrected chi connectivity index (χ4v) is 1.25. The van der Waals surface area contributed by atoms with Gasteiger partial charge in [0.2, 0.25) is 0 Å². The van der Waals surface area contributed by atoms with Crippen LogP contribution < -0.4 is 5.43 Å². The SMILES string of the molecule is C1=Cc2ccccc2NN=C1.CCCC(=O)O. The van der Waals surface area contributed by atoms with E-state index in [2.05, 4.69) is 10.5 Å². The normalized spacial score (nSPS) is 11.6. The first-order valence-electron chi connectivity index (χ1n) is 5.50. The molecule has 2 N–H and O–H groups in total. The molecule has 0 spiro atoms. The first-order valence-corrected chi connectivity index (χ1v) is 5.50. The fraction of sp³-hybridized carbons (Fsp3) is 0.231. The number of carbonyl (C=O) groups is 1. The van der Waals surface area contributed by atoms with Gasteiger partial charge >= 0.3 is 5.97 Å². The third-order valence-electron chi connectivity index (χ3n) is 2.05. The molecule has 0 amide bonds. The van der Waals surface area contributed by atoms with Crippen LogP contribution in [0.3, 0.4) is 0 Å². The van der Waals surface area contributed by atoms with E-state index >= 15 is 0 Å². The highest BCUT2D eigenvalue weighted by Crippen LogP contribution is 2.17. The summed E-state index contributed by atoms with van der Waals surface area (Å²) >= 11 is 0. The molecule has 1 aromatic carbocycles. The van der Waals surface area contributed by atoms with Gasteiger partial charge in [-0.3, -0.25) is 10.2 Å². The van der Waals surface area contributed by atoms with Crippen molar-refractivity contribution in [2.75, 3.05) is 5.43 Å². The number of nitrogens with one attached hydrogen (secondary N) is 1. The Morgan fingerprint density at radius 3 is 2.82 bits per heavy atom. The van der Waals surface area contributed by atoms with Crippen LogP contribution in [-0.2, 0) is 4.79 Å². The number of hydrogen-bond donors (Lipinski definition) is 2. The van der Waals surface area contributed by atoms with E-state index in [0.29, 0.717) is 6.42 Å². The monoisotopic (exact) mass is 232 g/mol. The van der Waals surface area contributed by atoms with Crippen molar-refractivity contribution in [3.63, 3.8) is 0 Å². The van der Waals surface area contributed by atoms with Crippen molar-refractivity contribution in [3.05, 3.63) is 35.9 Å². The van der Waals surface area contributed by atoms with E-state index in [0.717, 1.165) is 12.1 Å². The first-order chi connectivity index (χ1) is 8.24. The molecule has 0 aliphatic carbocycles. The van der Waals surface area contributed by atoms with Crippen LogP contribution in [0.5, 0.6) is 0 Å². The zero-order chi connectivity index (χ0) is 12.5. The number of carboxylic acids is 1. The van der Waals surface area contributed by atoms with Crippen LogP contribution in [0, 0.1) is 0 Å². The lowest BCUT2D eigenvalue weighted by atomic mass is 10.2. The Balaban J connectivity index is 0.000000209. The molecule has 1 aliphatic rings. The molecular formula is C13H16N2O2. The van der Waals surface area contributed by atoms with Crippen molar-refractivity contribution >= 4 is 23.9 Å². The maximum atomic E-state index is 9.60. The molecule has 0 bridgehead atoms. The molecule has 1 aliphatic heterocycles. The lowest BCUT2D eigenvalue weighted by Gasteiger charge is -2.00. The lowest BCUT2D eigenvalue weighted by Crippen LogP contribution is -1.90. The van der Waals surface area contributed by atoms with Gasteiger partial charge in [-0.25, -0.2) is 0 Å². The lowest BCUT2D eigenvalue weighted by molar-refractivity contribution is -0.137. The number of allylic oxidation sites excluding steroid dienone is 1. The number of para-hydroxylation sites is 1. The number of aliphatic carboxylic acids is 1. The Hall–Kier alpha value is -2.10. The third-order valence-corrected chi connectivity index (χ3v) is 2.05. The van der Waals surface area contributed by atoms with E-state index < -0.39 is 5.97 Å². The average molecular weight is 232 g/mol. The number of rotatable bonds is 2. The summed E-state index contributed by atoms with van der Waals surface area (Å²) in [6.07, 6.45) is 6.70. The standard InChI is InChI=1S/C9H8N2.C4H8O2/c1-2-6-9-8(4-1)5-3-7-10-11-9;1-2-3-4(5)6/h1-7,11H;2-3H2,1H3,(H,5,6). The fourth-order valence-electron chi connectivity index (χ4n) is 1.25. The summed E-state index contributed by atoms with van der Waals surface area (Å²) in [5.41, 5.74) is 5.16. The molecule has 0 unspecified atom stereocenters. The molecule has 2 rings (SSSR count). The van der Waals surface area contributed by atoms with Crippen LogP contribution in [-0.4, -0.2) is 17.3 Å². The molecule has 17 heavy (non-hydrogen) atoms. The highest BCUT2D eigenvalue weighted by Gasteiger charge is 1.96. The van der Waals surface area contributed by atoms with Crippen molar-refractivity contribution in [1.29, 1.82) is 0 Å². The van der Waals surface area contributed by atoms with Crippen molar-refractivity contribution in [3.8, 4) is 0 Å². The molecule has 0 aromatic heterocycles. The first kappa shape index (κ1) is 13.0. The number of anilines is 1. The largest absolute Gasteiger partial charge is 0.481 e. The van der Waals surface area contributed by atoms with Crippen molar-refractivity contribution in [2.24, 2.45) is 5.10 Å². The zero-order valence-electron chi connectivity index (χ0n) is 9.76. The molecule has 0 saturated heterocycles. The summed E-state index contributed by atoms with van der Waals surface area (Å²) in [4.78, 5) is 9.60. The van der Waals surface area contributed by atoms with Gasteiger partial charge in [0.1, 0.15) is 0 Å². The Morgan fingerprint density at radius 2 is 2.18 bits per heavy atom. The molecule has 4 nitrogen and oxygen atoms in total. The van der Waals surface area contributed by atoms with Gasteiger partial charge in [-0.15, -0.1) is 0 Å². The van der Waals surface area contributed by atoms with Gasteiger partial charge < -0.3 is 5.11 Å². The van der Waals surface area contributed by atoms with Gasteiger partial charge in [0.05, 0.1) is 5.69 Å². The van der Waals surface area contributed by atoms with Crippen molar-refractivity contribution in [1.82, 2.24) is 0 Å². The van der Waals surface area contributed by atoms with Gasteiger partial charge in [0.25, 0.3) is 0 Å². The number of nitrogens with zero attached hydrogens (tertiary/aromatic N) is 1. The summed E-state index contributed by atoms with van der Waals surface area (Å²) < 4.78 is 0. The summed E-state index contributed by atoms with van der Waals surface area (Å²) in [5, 5.41) is 11.9. The predicted octanol–water partition coefficient (Wildman–Crippen LogP) is 2.98. The van der Waals surface area contributed by atoms with Gasteiger partial charge in [-0.2, -0.15) is 5.10 Å². The van der Waals surface area contributed by atoms with Gasteiger partial charge in [-0.1, -0.05) is 31.2 Å². The van der Waals surface area contributed by atoms with Gasteiger partial charge in [0.15, 0.2) is 0 Å². The van der Waals surface area contributed by atoms with E-state index in [1.807, 2.05) is 43.3 Å². The summed E-state index contributed by atoms with van der Waals surface area (Å²) in [6, 6.07) is 8.05. The summed E-state index contributed by atoms with van der Waals surface area (Å²) in [6.45, 7) is 1.84. The second-order valence-corrected chi connectivity index (χ2v) is 3.48. The molecular weight excluding hydrogens is 216 g/mol. The van der Waals surface area contributed by atoms with Crippen molar-refractivity contribution in [2.45, 2.75) is 19.8 Å². The summed E-state index contributed by atoms with van der Waals surface area (Å²) in [5.74, 6) is -0.711. The van der Waals surface area contributed by atoms with Crippen LogP contribution >= 0.6 is 0 Å². The van der Waals surface area contributed by atoms with E-state index in [4.69, 9.17) is 5.11 Å². The van der Waals surface area contributed by atoms with Crippen LogP contribution in [0.1, 0.15) is 25.3 Å². The smallest absolute Gasteiger partial charge is 0.303 e. The molecule has 0 radical (unpaired) electrons. The summed E-state index contributed by atoms with van der Waals surface area (Å²) in [7, 11) is 0. The Labute approximate surface area is 101 Å². The molecule has 1 heterocycles. The van der Waals surface area contributed by atoms with E-state index in [-0.39, 0.29) is 0 Å². The molecule has 0 atom stereocenters. The predicted molar refractivity (Wildman–Crippen MR) is 70.1 cm³/mol. The Morgan fingerprint density at radius 1 is 1.41 bits per heavy atom. The zero-order valence-corrected chi connectivity index (χ0v) is 9.76. The minimum atomic E-state index is -0.711. The Kier molecular flexibility index (Phi) is 5.51. The number of carboxylic acid groups (broad SMARTS) is 1. The highest BCUT2D eigenvalue weighted by atomic mass is 16.4. The van der Waals surface area contributed by atoms with Crippen LogP contribution in [0.25, 0.3) is 6.08 Å². The number of hydrogen-bond acceptors (Lipinski definition) is 3. The van der Waals surface area contributed by atoms with Gasteiger partial charge in [0, 0.05) is 12.6 Å². The number of fused-ring (bicyclic) bond motifs is 1. The second kappa shape index (κ2) is 7.22. The average Bonchev–Trinajstić information content (AvgIpc) is 2.54. The minimum Gasteiger partial charge on any atom is -0.481 e. The molecule has 1 aromatic rings. The molecule has 4 heteroatoms. The van der Waals surface area contributed by atoms with Crippen LogP contribution in [0.15, 0.2) is 35.4 Å². The third kappa shape index (κ3) is 4.97. The van der Waals surface area contributed by atoms with Crippen LogP contribution in [0.2, 0.25) is 0 Å². The quantitative estimate of drug-likeness (QED) is 0.824. The highest BCUT2D eigenvalue weighted by molar-refractivity contribution is 5.83. The van der Waals surface area contributed by atoms with E-state index in [9.17, 15) is 4.79 Å². The number of benzene rings is 1. The maximum Gasteiger partial charge on any atom is 0.303 e. The van der Waals surface area contributed by atoms with Gasteiger partial charge in [-0.05, 0) is 24.1 Å². The Bertz CT molecular complexity index is 425. The van der Waals surface area contributed by atoms with E-state index in [1.54, 1.807) is 6.21 Å². The molecule has 0 fully saturated rings. The van der Waals surface area contributed by atoms with E-state index in [1.165, 1.54) is 5.56 Å². The minimum absolute atomic E-state index is 0.292. The second-order valence-electron chi connectivity index (χ2n) is 3.48. The molecule has 0 saturated carbocycles. The van der Waals surface area contributed by atoms with Crippen LogP contribution in [0.4, 0.5) is 5.69 Å². The number of hydrazone groups is 1. The maximum absolute atomic E-state index is 9.60.